The average molecular weight is 511 g/mol. The molecule has 5 aromatic rings. The maximum Gasteiger partial charge on any atom is 0.144 e. The van der Waals surface area contributed by atoms with Gasteiger partial charge in [-0.25, -0.2) is 13.4 Å². The number of pyridine rings is 1. The Morgan fingerprint density at radius 3 is 2.50 bits per heavy atom. The summed E-state index contributed by atoms with van der Waals surface area (Å²) in [5.74, 6) is 0.460. The molecule has 2 aromatic heterocycles. The average Bonchev–Trinajstić information content (AvgIpc) is 3.42. The van der Waals surface area contributed by atoms with Gasteiger partial charge in [0.05, 0.1) is 11.3 Å². The maximum atomic E-state index is 11.1. The molecule has 0 aliphatic carbocycles. The van der Waals surface area contributed by atoms with Crippen molar-refractivity contribution < 1.29 is 8.42 Å². The summed E-state index contributed by atoms with van der Waals surface area (Å²) >= 11 is 1.58. The Morgan fingerprint density at radius 1 is 0.944 bits per heavy atom. The first-order chi connectivity index (χ1) is 17.5. The first kappa shape index (κ1) is 24.1. The topological polar surface area (TPSA) is 59.9 Å². The number of hydrogen-bond donors (Lipinski definition) is 1. The second-order valence-corrected chi connectivity index (χ2v) is 10.9. The molecule has 4 nitrogen and oxygen atoms in total. The third-order valence-electron chi connectivity index (χ3n) is 6.14. The lowest BCUT2D eigenvalue weighted by Gasteiger charge is -2.13. The van der Waals surface area contributed by atoms with E-state index in [0.29, 0.717) is 5.92 Å². The van der Waals surface area contributed by atoms with Gasteiger partial charge >= 0.3 is 0 Å². The predicted octanol–water partition coefficient (Wildman–Crippen LogP) is 7.18. The fourth-order valence-corrected chi connectivity index (χ4v) is 5.48. The first-order valence-corrected chi connectivity index (χ1v) is 14.0. The molecule has 0 bridgehead atoms. The summed E-state index contributed by atoms with van der Waals surface area (Å²) in [5, 5.41) is 4.02. The third-order valence-corrected chi connectivity index (χ3v) is 7.57. The van der Waals surface area contributed by atoms with Crippen LogP contribution in [0.1, 0.15) is 47.0 Å². The highest BCUT2D eigenvalue weighted by atomic mass is 32.2. The fraction of sp³-hybridized carbons (Fsp3) is 0.133. The highest BCUT2D eigenvalue weighted by molar-refractivity contribution is 7.71. The lowest BCUT2D eigenvalue weighted by atomic mass is 9.93. The lowest BCUT2D eigenvalue weighted by Crippen LogP contribution is -1.93. The van der Waals surface area contributed by atoms with Crippen LogP contribution in [0.15, 0.2) is 90.6 Å². The summed E-state index contributed by atoms with van der Waals surface area (Å²) in [4.78, 5) is 9.25. The van der Waals surface area contributed by atoms with Crippen LogP contribution in [-0.4, -0.2) is 18.4 Å². The van der Waals surface area contributed by atoms with Crippen molar-refractivity contribution in [3.8, 4) is 11.1 Å². The summed E-state index contributed by atoms with van der Waals surface area (Å²) in [6.07, 6.45) is 5.79. The molecular formula is C30H26N2O2S2. The van der Waals surface area contributed by atoms with Crippen molar-refractivity contribution in [2.75, 3.05) is 0 Å². The van der Waals surface area contributed by atoms with Gasteiger partial charge in [-0.2, -0.15) is 0 Å². The molecule has 0 fully saturated rings. The monoisotopic (exact) mass is 510 g/mol. The fourth-order valence-electron chi connectivity index (χ4n) is 4.30. The quantitative estimate of drug-likeness (QED) is 0.186. The van der Waals surface area contributed by atoms with E-state index in [4.69, 9.17) is 4.98 Å². The molecule has 0 aliphatic heterocycles. The van der Waals surface area contributed by atoms with E-state index in [-0.39, 0.29) is 5.75 Å². The summed E-state index contributed by atoms with van der Waals surface area (Å²) < 4.78 is 22.2. The Balaban J connectivity index is 1.61. The standard InChI is InChI=1S/C30H26N2O2S2/c1-20(2)26-17-25-7-4-12-31-29(25)27(18-26)24-6-3-5-22(15-24)16-28(30-32-13-14-35-30)23-10-8-21(9-11-23)19-36(33)34/h3-18,20,36H,19H2,1-2H3/b28-16-. The van der Waals surface area contributed by atoms with Gasteiger partial charge < -0.3 is 0 Å². The Morgan fingerprint density at radius 2 is 1.78 bits per heavy atom. The molecule has 0 N–H and O–H groups in total. The summed E-state index contributed by atoms with van der Waals surface area (Å²) in [5.41, 5.74) is 8.35. The smallest absolute Gasteiger partial charge is 0.144 e. The predicted molar refractivity (Wildman–Crippen MR) is 151 cm³/mol. The summed E-state index contributed by atoms with van der Waals surface area (Å²) in [7, 11) is -2.45. The van der Waals surface area contributed by atoms with Crippen molar-refractivity contribution in [3.05, 3.63) is 118 Å². The summed E-state index contributed by atoms with van der Waals surface area (Å²) in [6.45, 7) is 4.42. The number of thiazole rings is 1. The van der Waals surface area contributed by atoms with E-state index in [1.165, 1.54) is 5.56 Å². The highest BCUT2D eigenvalue weighted by Gasteiger charge is 2.12. The second kappa shape index (κ2) is 10.6. The molecule has 0 saturated carbocycles. The highest BCUT2D eigenvalue weighted by Crippen LogP contribution is 2.33. The van der Waals surface area contributed by atoms with Crippen molar-refractivity contribution >= 4 is 44.6 Å². The first-order valence-electron chi connectivity index (χ1n) is 11.8. The van der Waals surface area contributed by atoms with Crippen LogP contribution >= 0.6 is 11.3 Å². The molecule has 180 valence electrons. The molecule has 3 aromatic carbocycles. The lowest BCUT2D eigenvalue weighted by molar-refractivity contribution is 0.614. The van der Waals surface area contributed by atoms with Crippen LogP contribution in [0.25, 0.3) is 33.7 Å². The molecular weight excluding hydrogens is 484 g/mol. The normalized spacial score (nSPS) is 12.1. The Labute approximate surface area is 217 Å². The van der Waals surface area contributed by atoms with Gasteiger partial charge in [-0.3, -0.25) is 4.98 Å². The molecule has 0 atom stereocenters. The van der Waals surface area contributed by atoms with Crippen molar-refractivity contribution in [2.45, 2.75) is 25.5 Å². The van der Waals surface area contributed by atoms with E-state index in [1.807, 2.05) is 41.9 Å². The number of thiol groups is 1. The van der Waals surface area contributed by atoms with Crippen LogP contribution in [0.2, 0.25) is 0 Å². The van der Waals surface area contributed by atoms with Crippen LogP contribution in [0.4, 0.5) is 0 Å². The number of aromatic nitrogens is 2. The van der Waals surface area contributed by atoms with E-state index in [0.717, 1.165) is 49.3 Å². The molecule has 0 unspecified atom stereocenters. The molecule has 2 heterocycles. The van der Waals surface area contributed by atoms with Gasteiger partial charge in [0.1, 0.15) is 15.7 Å². The SMILES string of the molecule is CC(C)c1cc(-c2cccc(/C=C(/c3ccc(C[SH](=O)=O)cc3)c3nccs3)c2)c2ncccc2c1. The number of fused-ring (bicyclic) bond motifs is 1. The van der Waals surface area contributed by atoms with Gasteiger partial charge in [0.15, 0.2) is 0 Å². The van der Waals surface area contributed by atoms with Crippen LogP contribution in [0, 0.1) is 0 Å². The van der Waals surface area contributed by atoms with E-state index in [2.05, 4.69) is 67.4 Å². The number of benzene rings is 3. The van der Waals surface area contributed by atoms with Crippen LogP contribution < -0.4 is 0 Å². The molecule has 0 aliphatic rings. The number of rotatable bonds is 7. The van der Waals surface area contributed by atoms with Crippen molar-refractivity contribution in [1.29, 1.82) is 0 Å². The Bertz CT molecular complexity index is 1610. The van der Waals surface area contributed by atoms with E-state index in [1.54, 1.807) is 17.5 Å². The second-order valence-electron chi connectivity index (χ2n) is 9.01. The largest absolute Gasteiger partial charge is 0.256 e. The van der Waals surface area contributed by atoms with Crippen molar-refractivity contribution in [3.63, 3.8) is 0 Å². The van der Waals surface area contributed by atoms with Gasteiger partial charge in [0.25, 0.3) is 0 Å². The number of nitrogens with zero attached hydrogens (tertiary/aromatic N) is 2. The van der Waals surface area contributed by atoms with Gasteiger partial charge in [0.2, 0.25) is 0 Å². The zero-order chi connectivity index (χ0) is 25.1. The van der Waals surface area contributed by atoms with E-state index in [9.17, 15) is 8.42 Å². The van der Waals surface area contributed by atoms with Crippen LogP contribution in [0.5, 0.6) is 0 Å². The van der Waals surface area contributed by atoms with E-state index >= 15 is 0 Å². The maximum absolute atomic E-state index is 11.1. The van der Waals surface area contributed by atoms with Crippen LogP contribution in [0.3, 0.4) is 0 Å². The van der Waals surface area contributed by atoms with Crippen LogP contribution in [-0.2, 0) is 16.5 Å². The Hall–Kier alpha value is -3.61. The Kier molecular flexibility index (Phi) is 7.07. The minimum atomic E-state index is -2.45. The summed E-state index contributed by atoms with van der Waals surface area (Å²) in [6, 6.07) is 24.7. The van der Waals surface area contributed by atoms with Gasteiger partial charge in [-0.05, 0) is 64.1 Å². The molecule has 0 amide bonds. The minimum absolute atomic E-state index is 0.0470. The van der Waals surface area contributed by atoms with Gasteiger partial charge in [-0.1, -0.05) is 62.4 Å². The van der Waals surface area contributed by atoms with Crippen molar-refractivity contribution in [1.82, 2.24) is 9.97 Å². The van der Waals surface area contributed by atoms with Gasteiger partial charge in [-0.15, -0.1) is 11.3 Å². The van der Waals surface area contributed by atoms with Crippen molar-refractivity contribution in [2.24, 2.45) is 0 Å². The molecule has 36 heavy (non-hydrogen) atoms. The molecule has 5 rings (SSSR count). The zero-order valence-electron chi connectivity index (χ0n) is 20.1. The molecule has 6 heteroatoms. The number of hydrogen-bond acceptors (Lipinski definition) is 5. The minimum Gasteiger partial charge on any atom is -0.256 e. The zero-order valence-corrected chi connectivity index (χ0v) is 21.8. The third kappa shape index (κ3) is 5.30. The molecule has 0 saturated heterocycles. The molecule has 0 spiro atoms. The van der Waals surface area contributed by atoms with E-state index < -0.39 is 10.7 Å². The van der Waals surface area contributed by atoms with Gasteiger partial charge in [0, 0.05) is 34.3 Å². The molecule has 0 radical (unpaired) electrons.